The number of aliphatic hydroxyl groups excluding tert-OH is 1. The molecule has 0 saturated carbocycles. The Hall–Kier alpha value is -1.43. The van der Waals surface area contributed by atoms with Crippen LogP contribution in [0, 0.1) is 0 Å². The Morgan fingerprint density at radius 3 is 2.84 bits per heavy atom. The molecular weight excluding hydrogens is 246 g/mol. The maximum Gasteiger partial charge on any atom is 0.254 e. The van der Waals surface area contributed by atoms with Crippen LogP contribution in [-0.4, -0.2) is 55.4 Å². The number of hydrogen-bond acceptors (Lipinski definition) is 4. The van der Waals surface area contributed by atoms with Crippen LogP contribution in [0.4, 0.5) is 0 Å². The van der Waals surface area contributed by atoms with Crippen molar-refractivity contribution in [3.05, 3.63) is 35.4 Å². The molecule has 19 heavy (non-hydrogen) atoms. The zero-order valence-corrected chi connectivity index (χ0v) is 11.0. The maximum atomic E-state index is 12.3. The van der Waals surface area contributed by atoms with Gasteiger partial charge in [-0.05, 0) is 17.7 Å². The Kier molecular flexibility index (Phi) is 4.90. The highest BCUT2D eigenvalue weighted by molar-refractivity contribution is 5.94. The van der Waals surface area contributed by atoms with Crippen molar-refractivity contribution in [1.29, 1.82) is 0 Å². The van der Waals surface area contributed by atoms with Gasteiger partial charge in [0.15, 0.2) is 0 Å². The van der Waals surface area contributed by atoms with Crippen molar-refractivity contribution in [3.8, 4) is 0 Å². The molecule has 0 radical (unpaired) electrons. The highest BCUT2D eigenvalue weighted by Gasteiger charge is 2.24. The first kappa shape index (κ1) is 14.0. The van der Waals surface area contributed by atoms with Gasteiger partial charge in [0.25, 0.3) is 5.91 Å². The van der Waals surface area contributed by atoms with Crippen molar-refractivity contribution in [1.82, 2.24) is 4.90 Å². The topological polar surface area (TPSA) is 59.0 Å². The second-order valence-electron chi connectivity index (χ2n) is 4.56. The fourth-order valence-electron chi connectivity index (χ4n) is 2.11. The van der Waals surface area contributed by atoms with E-state index in [4.69, 9.17) is 14.6 Å². The van der Waals surface area contributed by atoms with Crippen LogP contribution in [0.3, 0.4) is 0 Å². The van der Waals surface area contributed by atoms with Gasteiger partial charge in [0.2, 0.25) is 0 Å². The fraction of sp³-hybridized carbons (Fsp3) is 0.500. The summed E-state index contributed by atoms with van der Waals surface area (Å²) in [6.07, 6.45) is -0.273. The number of amides is 1. The van der Waals surface area contributed by atoms with Crippen molar-refractivity contribution >= 4 is 5.91 Å². The summed E-state index contributed by atoms with van der Waals surface area (Å²) in [4.78, 5) is 14.0. The van der Waals surface area contributed by atoms with Crippen molar-refractivity contribution in [2.24, 2.45) is 0 Å². The molecule has 0 aliphatic carbocycles. The summed E-state index contributed by atoms with van der Waals surface area (Å²) < 4.78 is 10.4. The molecule has 1 fully saturated rings. The largest absolute Gasteiger partial charge is 0.394 e. The Balaban J connectivity index is 2.02. The normalized spacial score (nSPS) is 19.5. The predicted molar refractivity (Wildman–Crippen MR) is 69.9 cm³/mol. The van der Waals surface area contributed by atoms with Crippen LogP contribution in [0.1, 0.15) is 15.9 Å². The van der Waals surface area contributed by atoms with Crippen molar-refractivity contribution in [3.63, 3.8) is 0 Å². The molecule has 1 unspecified atom stereocenters. The highest BCUT2D eigenvalue weighted by atomic mass is 16.5. The molecule has 1 aliphatic rings. The second kappa shape index (κ2) is 6.65. The van der Waals surface area contributed by atoms with Crippen LogP contribution in [-0.2, 0) is 16.1 Å². The third kappa shape index (κ3) is 3.53. The first-order valence-electron chi connectivity index (χ1n) is 6.34. The molecule has 1 aromatic carbocycles. The molecule has 0 bridgehead atoms. The number of aliphatic hydroxyl groups is 1. The first-order valence-corrected chi connectivity index (χ1v) is 6.34. The Labute approximate surface area is 112 Å². The predicted octanol–water partition coefficient (Wildman–Crippen LogP) is 0.666. The summed E-state index contributed by atoms with van der Waals surface area (Å²) in [5.41, 5.74) is 1.69. The fourth-order valence-corrected chi connectivity index (χ4v) is 2.11. The molecule has 104 valence electrons. The monoisotopic (exact) mass is 265 g/mol. The van der Waals surface area contributed by atoms with E-state index in [9.17, 15) is 4.79 Å². The maximum absolute atomic E-state index is 12.3. The van der Waals surface area contributed by atoms with E-state index < -0.39 is 0 Å². The van der Waals surface area contributed by atoms with E-state index in [0.717, 1.165) is 5.56 Å². The van der Waals surface area contributed by atoms with Crippen LogP contribution in [0.2, 0.25) is 0 Å². The minimum absolute atomic E-state index is 0.0225. The Bertz CT molecular complexity index is 418. The Morgan fingerprint density at radius 1 is 1.47 bits per heavy atom. The molecule has 5 nitrogen and oxygen atoms in total. The van der Waals surface area contributed by atoms with Crippen LogP contribution >= 0.6 is 0 Å². The van der Waals surface area contributed by atoms with E-state index in [2.05, 4.69) is 0 Å². The van der Waals surface area contributed by atoms with E-state index in [0.29, 0.717) is 31.9 Å². The number of hydrogen-bond donors (Lipinski definition) is 1. The van der Waals surface area contributed by atoms with Gasteiger partial charge in [-0.15, -0.1) is 0 Å². The highest BCUT2D eigenvalue weighted by Crippen LogP contribution is 2.12. The standard InChI is InChI=1S/C14H19NO4/c1-18-10-11-2-4-12(5-3-11)14(17)15-6-7-19-13(8-15)9-16/h2-5,13,16H,6-10H2,1H3. The van der Waals surface area contributed by atoms with Crippen LogP contribution < -0.4 is 0 Å². The quantitative estimate of drug-likeness (QED) is 0.869. The van der Waals surface area contributed by atoms with Gasteiger partial charge in [-0.2, -0.15) is 0 Å². The van der Waals surface area contributed by atoms with Gasteiger partial charge in [0, 0.05) is 25.8 Å². The molecule has 1 aromatic rings. The van der Waals surface area contributed by atoms with Gasteiger partial charge >= 0.3 is 0 Å². The van der Waals surface area contributed by atoms with E-state index in [1.165, 1.54) is 0 Å². The molecule has 1 aliphatic heterocycles. The summed E-state index contributed by atoms with van der Waals surface area (Å²) in [6.45, 7) is 1.96. The number of morpholine rings is 1. The first-order chi connectivity index (χ1) is 9.24. The number of carbonyl (C=O) groups is 1. The molecule has 1 amide bonds. The number of benzene rings is 1. The van der Waals surface area contributed by atoms with Crippen LogP contribution in [0.5, 0.6) is 0 Å². The number of ether oxygens (including phenoxy) is 2. The lowest BCUT2D eigenvalue weighted by molar-refractivity contribution is -0.0447. The Morgan fingerprint density at radius 2 is 2.21 bits per heavy atom. The number of rotatable bonds is 4. The van der Waals surface area contributed by atoms with Crippen LogP contribution in [0.25, 0.3) is 0 Å². The molecule has 0 spiro atoms. The zero-order chi connectivity index (χ0) is 13.7. The van der Waals surface area contributed by atoms with E-state index >= 15 is 0 Å². The average Bonchev–Trinajstić information content (AvgIpc) is 2.48. The van der Waals surface area contributed by atoms with Gasteiger partial charge in [-0.3, -0.25) is 4.79 Å². The van der Waals surface area contributed by atoms with Crippen LogP contribution in [0.15, 0.2) is 24.3 Å². The van der Waals surface area contributed by atoms with Crippen molar-refractivity contribution in [2.45, 2.75) is 12.7 Å². The van der Waals surface area contributed by atoms with E-state index in [-0.39, 0.29) is 18.6 Å². The number of methoxy groups -OCH3 is 1. The molecule has 0 aromatic heterocycles. The third-order valence-electron chi connectivity index (χ3n) is 3.14. The van der Waals surface area contributed by atoms with Gasteiger partial charge in [0.1, 0.15) is 0 Å². The molecule has 1 N–H and O–H groups in total. The third-order valence-corrected chi connectivity index (χ3v) is 3.14. The smallest absolute Gasteiger partial charge is 0.254 e. The van der Waals surface area contributed by atoms with Crippen molar-refractivity contribution < 1.29 is 19.4 Å². The summed E-state index contributed by atoms with van der Waals surface area (Å²) in [5.74, 6) is -0.0225. The zero-order valence-electron chi connectivity index (χ0n) is 11.0. The minimum Gasteiger partial charge on any atom is -0.394 e. The molecule has 1 heterocycles. The molecule has 1 atom stereocenters. The second-order valence-corrected chi connectivity index (χ2v) is 4.56. The molecule has 2 rings (SSSR count). The van der Waals surface area contributed by atoms with Gasteiger partial charge < -0.3 is 19.5 Å². The van der Waals surface area contributed by atoms with Gasteiger partial charge in [-0.1, -0.05) is 12.1 Å². The molecule has 1 saturated heterocycles. The SMILES string of the molecule is COCc1ccc(C(=O)N2CCOC(CO)C2)cc1. The molecular formula is C14H19NO4. The summed E-state index contributed by atoms with van der Waals surface area (Å²) in [7, 11) is 1.64. The van der Waals surface area contributed by atoms with Gasteiger partial charge in [-0.25, -0.2) is 0 Å². The van der Waals surface area contributed by atoms with E-state index in [1.807, 2.05) is 12.1 Å². The lowest BCUT2D eigenvalue weighted by atomic mass is 10.1. The lowest BCUT2D eigenvalue weighted by Gasteiger charge is -2.32. The summed E-state index contributed by atoms with van der Waals surface area (Å²) in [6, 6.07) is 7.39. The lowest BCUT2D eigenvalue weighted by Crippen LogP contribution is -2.46. The minimum atomic E-state index is -0.273. The number of carbonyl (C=O) groups excluding carboxylic acids is 1. The summed E-state index contributed by atoms with van der Waals surface area (Å²) >= 11 is 0. The molecule has 5 heteroatoms. The van der Waals surface area contributed by atoms with E-state index in [1.54, 1.807) is 24.1 Å². The summed E-state index contributed by atoms with van der Waals surface area (Å²) in [5, 5.41) is 9.08. The number of nitrogens with zero attached hydrogens (tertiary/aromatic N) is 1. The van der Waals surface area contributed by atoms with Crippen molar-refractivity contribution in [2.75, 3.05) is 33.4 Å². The average molecular weight is 265 g/mol. The van der Waals surface area contributed by atoms with Gasteiger partial charge in [0.05, 0.1) is 25.9 Å².